The zero-order valence-electron chi connectivity index (χ0n) is 32.9. The van der Waals surface area contributed by atoms with Gasteiger partial charge in [0.05, 0.1) is 35.7 Å². The molecule has 0 radical (unpaired) electrons. The van der Waals surface area contributed by atoms with Crippen LogP contribution in [-0.2, 0) is 35.7 Å². The first-order chi connectivity index (χ1) is 26.4. The zero-order chi connectivity index (χ0) is 40.7. The van der Waals surface area contributed by atoms with Crippen molar-refractivity contribution in [3.63, 3.8) is 0 Å². The number of carbonyl (C=O) groups excluding carboxylic acids is 3. The predicted octanol–water partition coefficient (Wildman–Crippen LogP) is 3.03. The Bertz CT molecular complexity index is 2060. The van der Waals surface area contributed by atoms with Crippen LogP contribution in [0.15, 0.2) is 41.2 Å². The molecule has 2 aliphatic carbocycles. The van der Waals surface area contributed by atoms with Crippen molar-refractivity contribution in [3.8, 4) is 5.88 Å². The normalized spacial score (nSPS) is 28.7. The van der Waals surface area contributed by atoms with Gasteiger partial charge in [-0.1, -0.05) is 38.1 Å². The number of hydrogen-bond donors (Lipinski definition) is 3. The van der Waals surface area contributed by atoms with E-state index in [2.05, 4.69) is 15.1 Å². The minimum Gasteiger partial charge on any atom is -0.471 e. The van der Waals surface area contributed by atoms with Crippen LogP contribution in [0.5, 0.6) is 5.88 Å². The first kappa shape index (κ1) is 41.1. The third-order valence-electron chi connectivity index (χ3n) is 11.4. The molecule has 3 N–H and O–H groups in total. The number of rotatable bonds is 9. The molecule has 2 aliphatic heterocycles. The number of carbonyl (C=O) groups is 4. The summed E-state index contributed by atoms with van der Waals surface area (Å²) < 4.78 is 40.9. The fourth-order valence-electron chi connectivity index (χ4n) is 8.24. The number of carboxylic acid groups (broad SMARTS) is 1. The highest BCUT2D eigenvalue weighted by atomic mass is 32.2. The van der Waals surface area contributed by atoms with Crippen LogP contribution in [0, 0.1) is 17.8 Å². The van der Waals surface area contributed by atoms with Gasteiger partial charge in [0, 0.05) is 25.0 Å². The number of nitrogens with zero attached hydrogens (tertiary/aromatic N) is 4. The summed E-state index contributed by atoms with van der Waals surface area (Å²) in [5.41, 5.74) is -2.92. The molecule has 2 saturated carbocycles. The highest BCUT2D eigenvalue weighted by Gasteiger charge is 2.62. The van der Waals surface area contributed by atoms with Crippen LogP contribution in [0.2, 0.25) is 0 Å². The molecule has 1 aromatic heterocycles. The molecule has 4 amide bonds. The molecule has 0 spiro atoms. The van der Waals surface area contributed by atoms with E-state index in [1.54, 1.807) is 45.0 Å². The lowest BCUT2D eigenvalue weighted by atomic mass is 9.85. The summed E-state index contributed by atoms with van der Waals surface area (Å²) >= 11 is 0. The fourth-order valence-corrected chi connectivity index (χ4v) is 9.61. The first-order valence-electron chi connectivity index (χ1n) is 19.4. The van der Waals surface area contributed by atoms with E-state index in [1.807, 2.05) is 26.0 Å². The quantitative estimate of drug-likeness (QED) is 0.315. The molecule has 0 bridgehead atoms. The van der Waals surface area contributed by atoms with Crippen molar-refractivity contribution in [2.24, 2.45) is 17.8 Å². The van der Waals surface area contributed by atoms with Crippen molar-refractivity contribution in [2.45, 2.75) is 121 Å². The van der Waals surface area contributed by atoms with E-state index in [1.165, 1.54) is 16.7 Å². The van der Waals surface area contributed by atoms with Crippen LogP contribution >= 0.6 is 0 Å². The Kier molecular flexibility index (Phi) is 11.6. The molecule has 2 aromatic rings. The van der Waals surface area contributed by atoms with Gasteiger partial charge in [-0.25, -0.2) is 17.9 Å². The van der Waals surface area contributed by atoms with Crippen LogP contribution in [0.25, 0.3) is 10.8 Å². The monoisotopic (exact) mass is 798 g/mol. The highest BCUT2D eigenvalue weighted by Crippen LogP contribution is 2.46. The van der Waals surface area contributed by atoms with Crippen molar-refractivity contribution in [2.75, 3.05) is 20.3 Å². The number of fused-ring (bicyclic) bond motifs is 3. The Hall–Kier alpha value is -4.51. The second kappa shape index (κ2) is 15.8. The summed E-state index contributed by atoms with van der Waals surface area (Å²) in [4.78, 5) is 72.2. The van der Waals surface area contributed by atoms with Crippen molar-refractivity contribution < 1.29 is 42.2 Å². The number of allylic oxidation sites excluding steroid dienone is 1. The molecule has 17 heteroatoms. The molecule has 16 nitrogen and oxygen atoms in total. The van der Waals surface area contributed by atoms with Gasteiger partial charge in [0.1, 0.15) is 23.7 Å². The Morgan fingerprint density at radius 2 is 1.79 bits per heavy atom. The van der Waals surface area contributed by atoms with Crippen LogP contribution < -0.4 is 20.3 Å². The number of methoxy groups -OCH3 is 1. The van der Waals surface area contributed by atoms with E-state index in [-0.39, 0.29) is 49.9 Å². The third-order valence-corrected chi connectivity index (χ3v) is 13.2. The van der Waals surface area contributed by atoms with E-state index >= 15 is 4.79 Å². The van der Waals surface area contributed by atoms with Crippen molar-refractivity contribution in [1.29, 1.82) is 0 Å². The minimum atomic E-state index is -3.94. The van der Waals surface area contributed by atoms with E-state index in [0.29, 0.717) is 42.9 Å². The molecule has 1 saturated heterocycles. The molecule has 1 aromatic carbocycles. The van der Waals surface area contributed by atoms with Crippen LogP contribution in [0.1, 0.15) is 79.6 Å². The SMILES string of the molecule is COCCn1nc(O[C@@H]2C[C@H]3C(=O)N[C@]4(C(=O)NS(=O)(=O)C5CC5)C[C@H]4C=CCC[C@@H](C)C[C@@H](C)[C@H](N(C(=O)O)C(C)(C)C)C(=O)N3C2)c2ccccc2c1=O. The summed E-state index contributed by atoms with van der Waals surface area (Å²) in [7, 11) is -2.44. The van der Waals surface area contributed by atoms with Crippen LogP contribution in [0.3, 0.4) is 0 Å². The summed E-state index contributed by atoms with van der Waals surface area (Å²) in [6.07, 6.45) is 4.48. The second-order valence-electron chi connectivity index (χ2n) is 16.9. The van der Waals surface area contributed by atoms with E-state index in [4.69, 9.17) is 9.47 Å². The van der Waals surface area contributed by atoms with Crippen LogP contribution in [-0.4, -0.2) is 112 Å². The smallest absolute Gasteiger partial charge is 0.408 e. The molecule has 3 heterocycles. The fraction of sp³-hybridized carbons (Fsp3) is 0.641. The van der Waals surface area contributed by atoms with Crippen molar-refractivity contribution >= 4 is 44.6 Å². The van der Waals surface area contributed by atoms with Crippen LogP contribution in [0.4, 0.5) is 4.79 Å². The second-order valence-corrected chi connectivity index (χ2v) is 18.9. The number of ether oxygens (including phenoxy) is 2. The lowest BCUT2D eigenvalue weighted by Crippen LogP contribution is -2.62. The Morgan fingerprint density at radius 3 is 2.43 bits per heavy atom. The number of benzene rings is 1. The topological polar surface area (TPSA) is 207 Å². The van der Waals surface area contributed by atoms with Gasteiger partial charge in [0.15, 0.2) is 0 Å². The molecule has 56 heavy (non-hydrogen) atoms. The number of aromatic nitrogens is 2. The summed E-state index contributed by atoms with van der Waals surface area (Å²) in [5, 5.41) is 18.1. The molecule has 306 valence electrons. The zero-order valence-corrected chi connectivity index (χ0v) is 33.7. The summed E-state index contributed by atoms with van der Waals surface area (Å²) in [6.45, 7) is 9.24. The van der Waals surface area contributed by atoms with Gasteiger partial charge in [-0.15, -0.1) is 5.10 Å². The lowest BCUT2D eigenvalue weighted by molar-refractivity contribution is -0.146. The van der Waals surface area contributed by atoms with E-state index in [0.717, 1.165) is 4.90 Å². The lowest BCUT2D eigenvalue weighted by Gasteiger charge is -2.43. The Morgan fingerprint density at radius 1 is 1.09 bits per heavy atom. The molecule has 6 rings (SSSR count). The predicted molar refractivity (Wildman–Crippen MR) is 206 cm³/mol. The minimum absolute atomic E-state index is 0.0660. The van der Waals surface area contributed by atoms with Gasteiger partial charge < -0.3 is 24.8 Å². The summed E-state index contributed by atoms with van der Waals surface area (Å²) in [5.74, 6) is -2.89. The van der Waals surface area contributed by atoms with Crippen molar-refractivity contribution in [3.05, 3.63) is 46.8 Å². The number of nitrogens with one attached hydrogen (secondary N) is 2. The maximum atomic E-state index is 15.1. The largest absolute Gasteiger partial charge is 0.471 e. The molecular weight excluding hydrogens is 745 g/mol. The number of sulfonamides is 1. The molecule has 0 unspecified atom stereocenters. The highest BCUT2D eigenvalue weighted by molar-refractivity contribution is 7.91. The third kappa shape index (κ3) is 8.43. The van der Waals surface area contributed by atoms with Gasteiger partial charge >= 0.3 is 6.09 Å². The van der Waals surface area contributed by atoms with Gasteiger partial charge in [0.2, 0.25) is 27.7 Å². The standard InChI is InChI=1S/C39H54N6O10S/c1-23-11-7-8-12-25-21-39(25,36(49)42-56(52,53)27-15-16-27)40-32(46)30-20-26(22-43(30)35(48)31(24(2)19-23)45(37(50)51)38(3,4)5)55-33-28-13-9-10-14-29(28)34(47)44(41-33)17-18-54-6/h8-10,12-14,23-27,30-31H,7,11,15-22H2,1-6H3,(H,40,46)(H,42,49)(H,50,51)/t23-,24-,25-,26-,30+,31+,39-/m1/s1. The Balaban J connectivity index is 1.41. The molecule has 7 atom stereocenters. The van der Waals surface area contributed by atoms with Gasteiger partial charge in [0.25, 0.3) is 11.5 Å². The maximum absolute atomic E-state index is 15.1. The van der Waals surface area contributed by atoms with Gasteiger partial charge in [-0.05, 0) is 83.3 Å². The van der Waals surface area contributed by atoms with Gasteiger partial charge in [-0.3, -0.25) is 28.8 Å². The van der Waals surface area contributed by atoms with E-state index in [9.17, 15) is 32.7 Å². The molecule has 4 aliphatic rings. The van der Waals surface area contributed by atoms with Gasteiger partial charge in [-0.2, -0.15) is 0 Å². The number of amides is 4. The molecular formula is C39H54N6O10S. The average molecular weight is 799 g/mol. The average Bonchev–Trinajstić information content (AvgIpc) is 4.05. The van der Waals surface area contributed by atoms with E-state index < -0.39 is 80.2 Å². The summed E-state index contributed by atoms with van der Waals surface area (Å²) in [6, 6.07) is 4.38. The maximum Gasteiger partial charge on any atom is 0.408 e. The molecule has 3 fully saturated rings. The Labute approximate surface area is 327 Å². The van der Waals surface area contributed by atoms with Crippen molar-refractivity contribution in [1.82, 2.24) is 29.6 Å². The first-order valence-corrected chi connectivity index (χ1v) is 21.0. The number of hydrogen-bond acceptors (Lipinski definition) is 10.